The molecule has 0 fully saturated rings. The van der Waals surface area contributed by atoms with Crippen LogP contribution in [-0.4, -0.2) is 7.05 Å². The Hall–Kier alpha value is -1.08. The van der Waals surface area contributed by atoms with E-state index in [2.05, 4.69) is 56.6 Å². The molecule has 0 bridgehead atoms. The molecule has 0 heterocycles. The van der Waals surface area contributed by atoms with E-state index in [9.17, 15) is 0 Å². The molecule has 1 aliphatic carbocycles. The van der Waals surface area contributed by atoms with Gasteiger partial charge < -0.3 is 5.32 Å². The lowest BCUT2D eigenvalue weighted by atomic mass is 9.90. The van der Waals surface area contributed by atoms with Crippen molar-refractivity contribution >= 4 is 0 Å². The van der Waals surface area contributed by atoms with Gasteiger partial charge in [-0.05, 0) is 62.6 Å². The first-order valence-electron chi connectivity index (χ1n) is 8.13. The van der Waals surface area contributed by atoms with E-state index in [4.69, 9.17) is 0 Å². The van der Waals surface area contributed by atoms with Gasteiger partial charge in [-0.15, -0.1) is 0 Å². The number of hydrogen-bond donors (Lipinski definition) is 1. The lowest BCUT2D eigenvalue weighted by molar-refractivity contribution is 0.557. The van der Waals surface area contributed by atoms with Crippen molar-refractivity contribution in [2.75, 3.05) is 7.05 Å². The Labute approximate surface area is 124 Å². The van der Waals surface area contributed by atoms with Crippen LogP contribution < -0.4 is 5.32 Å². The average molecular weight is 271 g/mol. The highest BCUT2D eigenvalue weighted by atomic mass is 14.9. The SMILES string of the molecule is CNC(CC1=CCCCC1)c1cccc(CC(C)C)c1. The van der Waals surface area contributed by atoms with Crippen molar-refractivity contribution in [1.82, 2.24) is 5.32 Å². The Bertz CT molecular complexity index is 445. The van der Waals surface area contributed by atoms with E-state index >= 15 is 0 Å². The van der Waals surface area contributed by atoms with E-state index in [-0.39, 0.29) is 0 Å². The highest BCUT2D eigenvalue weighted by molar-refractivity contribution is 5.28. The minimum Gasteiger partial charge on any atom is -0.313 e. The molecule has 1 nitrogen and oxygen atoms in total. The van der Waals surface area contributed by atoms with Gasteiger partial charge in [-0.1, -0.05) is 49.8 Å². The zero-order chi connectivity index (χ0) is 14.4. The maximum absolute atomic E-state index is 3.51. The van der Waals surface area contributed by atoms with Gasteiger partial charge in [0.15, 0.2) is 0 Å². The molecule has 1 heteroatoms. The molecule has 0 spiro atoms. The van der Waals surface area contributed by atoms with E-state index in [0.29, 0.717) is 6.04 Å². The van der Waals surface area contributed by atoms with E-state index in [0.717, 1.165) is 5.92 Å². The summed E-state index contributed by atoms with van der Waals surface area (Å²) in [5, 5.41) is 3.51. The van der Waals surface area contributed by atoms with E-state index < -0.39 is 0 Å². The van der Waals surface area contributed by atoms with Gasteiger partial charge in [0.05, 0.1) is 0 Å². The molecule has 2 rings (SSSR count). The minimum atomic E-state index is 0.464. The average Bonchev–Trinajstić information content (AvgIpc) is 2.45. The molecule has 0 saturated heterocycles. The largest absolute Gasteiger partial charge is 0.313 e. The van der Waals surface area contributed by atoms with Crippen molar-refractivity contribution in [3.05, 3.63) is 47.0 Å². The van der Waals surface area contributed by atoms with Crippen molar-refractivity contribution < 1.29 is 0 Å². The third-order valence-corrected chi connectivity index (χ3v) is 4.20. The van der Waals surface area contributed by atoms with E-state index in [1.165, 1.54) is 49.7 Å². The molecule has 0 aromatic heterocycles. The molecular weight excluding hydrogens is 242 g/mol. The lowest BCUT2D eigenvalue weighted by Crippen LogP contribution is -2.17. The van der Waals surface area contributed by atoms with E-state index in [1.807, 2.05) is 0 Å². The van der Waals surface area contributed by atoms with Crippen LogP contribution >= 0.6 is 0 Å². The molecule has 20 heavy (non-hydrogen) atoms. The molecule has 1 aliphatic rings. The van der Waals surface area contributed by atoms with Crippen molar-refractivity contribution in [1.29, 1.82) is 0 Å². The topological polar surface area (TPSA) is 12.0 Å². The predicted molar refractivity (Wildman–Crippen MR) is 88.0 cm³/mol. The fourth-order valence-corrected chi connectivity index (χ4v) is 3.15. The van der Waals surface area contributed by atoms with Crippen LogP contribution in [0.3, 0.4) is 0 Å². The number of benzene rings is 1. The van der Waals surface area contributed by atoms with Crippen LogP contribution in [0, 0.1) is 5.92 Å². The standard InChI is InChI=1S/C19H29N/c1-15(2)12-17-10-7-11-18(13-17)19(20-3)14-16-8-5-4-6-9-16/h7-8,10-11,13,15,19-20H,4-6,9,12,14H2,1-3H3. The second-order valence-electron chi connectivity index (χ2n) is 6.50. The predicted octanol–water partition coefficient (Wildman–Crippen LogP) is 5.04. The van der Waals surface area contributed by atoms with Gasteiger partial charge in [-0.3, -0.25) is 0 Å². The van der Waals surface area contributed by atoms with Crippen LogP contribution in [0.25, 0.3) is 0 Å². The van der Waals surface area contributed by atoms with Crippen molar-refractivity contribution in [2.45, 2.75) is 58.4 Å². The summed E-state index contributed by atoms with van der Waals surface area (Å²) in [5.41, 5.74) is 4.55. The van der Waals surface area contributed by atoms with Crippen LogP contribution in [-0.2, 0) is 6.42 Å². The molecule has 0 aliphatic heterocycles. The van der Waals surface area contributed by atoms with Gasteiger partial charge in [0.25, 0.3) is 0 Å². The maximum atomic E-state index is 3.51. The summed E-state index contributed by atoms with van der Waals surface area (Å²) in [6, 6.07) is 9.60. The third kappa shape index (κ3) is 4.49. The quantitative estimate of drug-likeness (QED) is 0.715. The summed E-state index contributed by atoms with van der Waals surface area (Å²) in [6.45, 7) is 4.57. The number of nitrogens with one attached hydrogen (secondary N) is 1. The second kappa shape index (κ2) is 7.64. The molecule has 1 atom stereocenters. The Kier molecular flexibility index (Phi) is 5.85. The summed E-state index contributed by atoms with van der Waals surface area (Å²) in [7, 11) is 2.09. The van der Waals surface area contributed by atoms with Gasteiger partial charge in [0.1, 0.15) is 0 Å². The highest BCUT2D eigenvalue weighted by Gasteiger charge is 2.13. The Morgan fingerprint density at radius 1 is 1.15 bits per heavy atom. The normalized spacial score (nSPS) is 17.1. The van der Waals surface area contributed by atoms with Gasteiger partial charge in [0.2, 0.25) is 0 Å². The third-order valence-electron chi connectivity index (χ3n) is 4.20. The summed E-state index contributed by atoms with van der Waals surface area (Å²) >= 11 is 0. The highest BCUT2D eigenvalue weighted by Crippen LogP contribution is 2.28. The summed E-state index contributed by atoms with van der Waals surface area (Å²) in [6.07, 6.45) is 10.1. The van der Waals surface area contributed by atoms with Crippen molar-refractivity contribution in [2.24, 2.45) is 5.92 Å². The minimum absolute atomic E-state index is 0.464. The number of rotatable bonds is 6. The number of hydrogen-bond acceptors (Lipinski definition) is 1. The van der Waals surface area contributed by atoms with Gasteiger partial charge >= 0.3 is 0 Å². The molecule has 0 saturated carbocycles. The smallest absolute Gasteiger partial charge is 0.0355 e. The molecule has 110 valence electrons. The van der Waals surface area contributed by atoms with Crippen molar-refractivity contribution in [3.63, 3.8) is 0 Å². The first-order chi connectivity index (χ1) is 9.69. The molecule has 0 amide bonds. The lowest BCUT2D eigenvalue weighted by Gasteiger charge is -2.21. The first-order valence-corrected chi connectivity index (χ1v) is 8.13. The number of allylic oxidation sites excluding steroid dienone is 1. The van der Waals surface area contributed by atoms with Crippen LogP contribution in [0.5, 0.6) is 0 Å². The van der Waals surface area contributed by atoms with E-state index in [1.54, 1.807) is 5.57 Å². The summed E-state index contributed by atoms with van der Waals surface area (Å²) in [4.78, 5) is 0. The molecule has 1 aromatic carbocycles. The summed E-state index contributed by atoms with van der Waals surface area (Å²) < 4.78 is 0. The second-order valence-corrected chi connectivity index (χ2v) is 6.50. The van der Waals surface area contributed by atoms with Crippen LogP contribution in [0.4, 0.5) is 0 Å². The monoisotopic (exact) mass is 271 g/mol. The van der Waals surface area contributed by atoms with Gasteiger partial charge in [-0.25, -0.2) is 0 Å². The summed E-state index contributed by atoms with van der Waals surface area (Å²) in [5.74, 6) is 0.722. The zero-order valence-electron chi connectivity index (χ0n) is 13.3. The molecule has 1 N–H and O–H groups in total. The van der Waals surface area contributed by atoms with Crippen LogP contribution in [0.2, 0.25) is 0 Å². The van der Waals surface area contributed by atoms with Crippen molar-refractivity contribution in [3.8, 4) is 0 Å². The van der Waals surface area contributed by atoms with Crippen LogP contribution in [0.1, 0.15) is 63.1 Å². The van der Waals surface area contributed by atoms with Crippen LogP contribution in [0.15, 0.2) is 35.9 Å². The molecular formula is C19H29N. The molecule has 1 unspecified atom stereocenters. The molecule has 1 aromatic rings. The Morgan fingerprint density at radius 2 is 2.00 bits per heavy atom. The van der Waals surface area contributed by atoms with Gasteiger partial charge in [0, 0.05) is 6.04 Å². The van der Waals surface area contributed by atoms with Gasteiger partial charge in [-0.2, -0.15) is 0 Å². The molecule has 0 radical (unpaired) electrons. The Morgan fingerprint density at radius 3 is 2.65 bits per heavy atom. The fourth-order valence-electron chi connectivity index (χ4n) is 3.15. The first kappa shape index (κ1) is 15.3. The zero-order valence-corrected chi connectivity index (χ0v) is 13.3. The fraction of sp³-hybridized carbons (Fsp3) is 0.579. The Balaban J connectivity index is 2.08. The maximum Gasteiger partial charge on any atom is 0.0355 e.